The molecule has 0 amide bonds. The zero-order valence-corrected chi connectivity index (χ0v) is 13.2. The summed E-state index contributed by atoms with van der Waals surface area (Å²) in [5, 5.41) is 8.14. The standard InChI is InChI=1S/C16H29N3O/c1-13(2)16-14(11-17-9-10-20-3)12-18-19(16)15-7-5-4-6-8-15/h12-13,15,17H,4-11H2,1-3H3. The predicted molar refractivity (Wildman–Crippen MR) is 82.0 cm³/mol. The van der Waals surface area contributed by atoms with Crippen LogP contribution in [0.15, 0.2) is 6.20 Å². The van der Waals surface area contributed by atoms with Gasteiger partial charge in [-0.3, -0.25) is 4.68 Å². The third kappa shape index (κ3) is 3.83. The van der Waals surface area contributed by atoms with Crippen LogP contribution in [0.3, 0.4) is 0 Å². The fourth-order valence-electron chi connectivity index (χ4n) is 3.19. The van der Waals surface area contributed by atoms with E-state index in [-0.39, 0.29) is 0 Å². The largest absolute Gasteiger partial charge is 0.383 e. The molecule has 1 aromatic heterocycles. The van der Waals surface area contributed by atoms with Crippen LogP contribution < -0.4 is 5.32 Å². The third-order valence-electron chi connectivity index (χ3n) is 4.18. The Balaban J connectivity index is 2.06. The Morgan fingerprint density at radius 3 is 2.75 bits per heavy atom. The van der Waals surface area contributed by atoms with E-state index in [1.54, 1.807) is 7.11 Å². The smallest absolute Gasteiger partial charge is 0.0587 e. The van der Waals surface area contributed by atoms with E-state index in [1.165, 1.54) is 43.4 Å². The Bertz CT molecular complexity index is 394. The first-order valence-electron chi connectivity index (χ1n) is 8.00. The van der Waals surface area contributed by atoms with Gasteiger partial charge in [-0.15, -0.1) is 0 Å². The van der Waals surface area contributed by atoms with Crippen LogP contribution in [0.25, 0.3) is 0 Å². The fourth-order valence-corrected chi connectivity index (χ4v) is 3.19. The Morgan fingerprint density at radius 2 is 2.10 bits per heavy atom. The van der Waals surface area contributed by atoms with Crippen LogP contribution in [0.4, 0.5) is 0 Å². The van der Waals surface area contributed by atoms with E-state index in [0.29, 0.717) is 12.0 Å². The first-order valence-corrected chi connectivity index (χ1v) is 8.00. The molecule has 1 heterocycles. The zero-order chi connectivity index (χ0) is 14.4. The average Bonchev–Trinajstić information content (AvgIpc) is 2.88. The molecule has 0 radical (unpaired) electrons. The molecule has 4 nitrogen and oxygen atoms in total. The molecule has 20 heavy (non-hydrogen) atoms. The van der Waals surface area contributed by atoms with E-state index >= 15 is 0 Å². The molecule has 1 N–H and O–H groups in total. The lowest BCUT2D eigenvalue weighted by molar-refractivity contribution is 0.199. The van der Waals surface area contributed by atoms with Crippen molar-refractivity contribution in [2.24, 2.45) is 0 Å². The van der Waals surface area contributed by atoms with Crippen molar-refractivity contribution in [1.29, 1.82) is 0 Å². The number of rotatable bonds is 7. The minimum absolute atomic E-state index is 0.527. The van der Waals surface area contributed by atoms with Crippen molar-refractivity contribution in [2.45, 2.75) is 64.5 Å². The number of hydrogen-bond donors (Lipinski definition) is 1. The van der Waals surface area contributed by atoms with E-state index in [2.05, 4.69) is 30.0 Å². The molecular formula is C16H29N3O. The average molecular weight is 279 g/mol. The Labute approximate surface area is 122 Å². The van der Waals surface area contributed by atoms with Gasteiger partial charge in [-0.05, 0) is 18.8 Å². The van der Waals surface area contributed by atoms with Crippen molar-refractivity contribution < 1.29 is 4.74 Å². The highest BCUT2D eigenvalue weighted by atomic mass is 16.5. The molecule has 0 saturated heterocycles. The highest BCUT2D eigenvalue weighted by Crippen LogP contribution is 2.31. The Morgan fingerprint density at radius 1 is 1.35 bits per heavy atom. The molecule has 0 spiro atoms. The normalized spacial score (nSPS) is 17.0. The summed E-state index contributed by atoms with van der Waals surface area (Å²) in [6.07, 6.45) is 8.73. The third-order valence-corrected chi connectivity index (χ3v) is 4.18. The van der Waals surface area contributed by atoms with Gasteiger partial charge in [-0.25, -0.2) is 0 Å². The molecule has 0 aromatic carbocycles. The van der Waals surface area contributed by atoms with E-state index in [9.17, 15) is 0 Å². The monoisotopic (exact) mass is 279 g/mol. The molecule has 1 fully saturated rings. The van der Waals surface area contributed by atoms with Gasteiger partial charge < -0.3 is 10.1 Å². The van der Waals surface area contributed by atoms with Gasteiger partial charge in [0.2, 0.25) is 0 Å². The number of methoxy groups -OCH3 is 1. The maximum Gasteiger partial charge on any atom is 0.0587 e. The summed E-state index contributed by atoms with van der Waals surface area (Å²) >= 11 is 0. The van der Waals surface area contributed by atoms with Gasteiger partial charge in [-0.1, -0.05) is 33.1 Å². The van der Waals surface area contributed by atoms with E-state index in [1.807, 2.05) is 0 Å². The minimum atomic E-state index is 0.527. The Hall–Kier alpha value is -0.870. The number of nitrogens with one attached hydrogen (secondary N) is 1. The maximum absolute atomic E-state index is 5.07. The topological polar surface area (TPSA) is 39.1 Å². The van der Waals surface area contributed by atoms with Gasteiger partial charge in [0.15, 0.2) is 0 Å². The van der Waals surface area contributed by atoms with Gasteiger partial charge in [-0.2, -0.15) is 5.10 Å². The van der Waals surface area contributed by atoms with Crippen LogP contribution in [0.2, 0.25) is 0 Å². The van der Waals surface area contributed by atoms with Crippen LogP contribution >= 0.6 is 0 Å². The van der Waals surface area contributed by atoms with Crippen molar-refractivity contribution in [3.05, 3.63) is 17.5 Å². The first-order chi connectivity index (χ1) is 9.74. The zero-order valence-electron chi connectivity index (χ0n) is 13.2. The van der Waals surface area contributed by atoms with E-state index in [4.69, 9.17) is 9.84 Å². The molecule has 0 unspecified atom stereocenters. The number of hydrogen-bond acceptors (Lipinski definition) is 3. The van der Waals surface area contributed by atoms with Crippen LogP contribution in [0.5, 0.6) is 0 Å². The number of aromatic nitrogens is 2. The molecule has 1 aromatic rings. The van der Waals surface area contributed by atoms with Crippen molar-refractivity contribution in [3.8, 4) is 0 Å². The number of ether oxygens (including phenoxy) is 1. The lowest BCUT2D eigenvalue weighted by atomic mass is 9.94. The van der Waals surface area contributed by atoms with Crippen LogP contribution in [0.1, 0.15) is 69.2 Å². The molecule has 0 atom stereocenters. The van der Waals surface area contributed by atoms with Crippen molar-refractivity contribution >= 4 is 0 Å². The summed E-state index contributed by atoms with van der Waals surface area (Å²) in [7, 11) is 1.74. The molecule has 114 valence electrons. The van der Waals surface area contributed by atoms with Gasteiger partial charge in [0.1, 0.15) is 0 Å². The molecule has 1 aliphatic rings. The molecular weight excluding hydrogens is 250 g/mol. The summed E-state index contributed by atoms with van der Waals surface area (Å²) in [5.74, 6) is 0.527. The molecule has 4 heteroatoms. The van der Waals surface area contributed by atoms with Gasteiger partial charge in [0.25, 0.3) is 0 Å². The van der Waals surface area contributed by atoms with Gasteiger partial charge in [0.05, 0.1) is 18.8 Å². The van der Waals surface area contributed by atoms with Crippen molar-refractivity contribution in [2.75, 3.05) is 20.3 Å². The van der Waals surface area contributed by atoms with Crippen molar-refractivity contribution in [1.82, 2.24) is 15.1 Å². The second-order valence-corrected chi connectivity index (χ2v) is 6.12. The van der Waals surface area contributed by atoms with Crippen molar-refractivity contribution in [3.63, 3.8) is 0 Å². The molecule has 1 saturated carbocycles. The summed E-state index contributed by atoms with van der Waals surface area (Å²) in [6, 6.07) is 0.619. The quantitative estimate of drug-likeness (QED) is 0.779. The van der Waals surface area contributed by atoms with Gasteiger partial charge in [0, 0.05) is 31.5 Å². The summed E-state index contributed by atoms with van der Waals surface area (Å²) in [4.78, 5) is 0. The first kappa shape index (κ1) is 15.5. The second-order valence-electron chi connectivity index (χ2n) is 6.12. The highest BCUT2D eigenvalue weighted by molar-refractivity contribution is 5.21. The van der Waals surface area contributed by atoms with Crippen LogP contribution in [-0.2, 0) is 11.3 Å². The van der Waals surface area contributed by atoms with E-state index in [0.717, 1.165) is 19.7 Å². The maximum atomic E-state index is 5.07. The summed E-state index contributed by atoms with van der Waals surface area (Å²) < 4.78 is 7.39. The van der Waals surface area contributed by atoms with Crippen LogP contribution in [0, 0.1) is 0 Å². The predicted octanol–water partition coefficient (Wildman–Crippen LogP) is 3.25. The summed E-state index contributed by atoms with van der Waals surface area (Å²) in [6.45, 7) is 7.09. The molecule has 1 aliphatic carbocycles. The second kappa shape index (κ2) is 7.79. The SMILES string of the molecule is COCCNCc1cnn(C2CCCCC2)c1C(C)C. The molecule has 2 rings (SSSR count). The molecule has 0 aliphatic heterocycles. The molecule has 0 bridgehead atoms. The summed E-state index contributed by atoms with van der Waals surface area (Å²) in [5.41, 5.74) is 2.77. The van der Waals surface area contributed by atoms with E-state index < -0.39 is 0 Å². The van der Waals surface area contributed by atoms with Crippen LogP contribution in [-0.4, -0.2) is 30.0 Å². The Kier molecular flexibility index (Phi) is 6.05. The fraction of sp³-hybridized carbons (Fsp3) is 0.812. The lowest BCUT2D eigenvalue weighted by Gasteiger charge is -2.25. The van der Waals surface area contributed by atoms with Gasteiger partial charge >= 0.3 is 0 Å². The lowest BCUT2D eigenvalue weighted by Crippen LogP contribution is -2.21. The number of nitrogens with zero attached hydrogens (tertiary/aromatic N) is 2. The highest BCUT2D eigenvalue weighted by Gasteiger charge is 2.22. The minimum Gasteiger partial charge on any atom is -0.383 e.